The normalized spacial score (nSPS) is 12.3. The molecule has 0 heterocycles. The number of nitrogens with one attached hydrogen (secondary N) is 1. The Bertz CT molecular complexity index is 1400. The smallest absolute Gasteiger partial charge is 0.244 e. The van der Waals surface area contributed by atoms with Gasteiger partial charge in [0.25, 0.3) is 0 Å². The molecule has 0 aliphatic heterocycles. The molecule has 2 amide bonds. The second-order valence-electron chi connectivity index (χ2n) is 11.3. The molecule has 3 rings (SSSR count). The lowest BCUT2D eigenvalue weighted by Crippen LogP contribution is -2.53. The summed E-state index contributed by atoms with van der Waals surface area (Å²) in [6.07, 6.45) is 1.39. The van der Waals surface area contributed by atoms with Crippen LogP contribution in [0.5, 0.6) is 0 Å². The number of carbonyl (C=O) groups is 2. The van der Waals surface area contributed by atoms with Crippen molar-refractivity contribution in [3.63, 3.8) is 0 Å². The number of aryl methyl sites for hydroxylation is 1. The van der Waals surface area contributed by atoms with Crippen LogP contribution >= 0.6 is 0 Å². The lowest BCUT2D eigenvalue weighted by atomic mass is 10.0. The molecular formula is C33H43N3O4S. The molecule has 3 aromatic carbocycles. The molecule has 3 aromatic rings. The van der Waals surface area contributed by atoms with E-state index >= 15 is 0 Å². The highest BCUT2D eigenvalue weighted by Crippen LogP contribution is 2.24. The third-order valence-electron chi connectivity index (χ3n) is 7.08. The fourth-order valence-electron chi connectivity index (χ4n) is 4.59. The number of rotatable bonds is 13. The van der Waals surface area contributed by atoms with Crippen LogP contribution in [-0.2, 0) is 32.6 Å². The Kier molecular flexibility index (Phi) is 11.1. The number of hydrogen-bond donors (Lipinski definition) is 1. The summed E-state index contributed by atoms with van der Waals surface area (Å²) in [6.45, 7) is 10.3. The van der Waals surface area contributed by atoms with E-state index in [2.05, 4.69) is 19.2 Å². The minimum atomic E-state index is -3.80. The molecule has 1 N–H and O–H groups in total. The fourth-order valence-corrected chi connectivity index (χ4v) is 5.44. The van der Waals surface area contributed by atoms with Gasteiger partial charge < -0.3 is 10.2 Å². The molecule has 0 aliphatic carbocycles. The Morgan fingerprint density at radius 1 is 0.854 bits per heavy atom. The average Bonchev–Trinajstić information content (AvgIpc) is 2.93. The summed E-state index contributed by atoms with van der Waals surface area (Å²) < 4.78 is 27.1. The maximum absolute atomic E-state index is 14.2. The van der Waals surface area contributed by atoms with Gasteiger partial charge in [-0.2, -0.15) is 0 Å². The summed E-state index contributed by atoms with van der Waals surface area (Å²) in [5.74, 6) is -0.208. The summed E-state index contributed by atoms with van der Waals surface area (Å²) in [4.78, 5) is 29.4. The van der Waals surface area contributed by atoms with Crippen molar-refractivity contribution in [3.8, 4) is 0 Å². The second kappa shape index (κ2) is 14.3. The Morgan fingerprint density at radius 2 is 1.46 bits per heavy atom. The third kappa shape index (κ3) is 9.18. The van der Waals surface area contributed by atoms with E-state index in [1.807, 2.05) is 87.5 Å². The van der Waals surface area contributed by atoms with Crippen LogP contribution < -0.4 is 9.62 Å². The number of nitrogens with zero attached hydrogens (tertiary/aromatic N) is 2. The molecule has 0 aliphatic rings. The van der Waals surface area contributed by atoms with Crippen LogP contribution in [0.1, 0.15) is 55.9 Å². The SMILES string of the molecule is Cc1ccccc1CN(C(=O)CN(c1ccc(C(C)C)cc1)S(C)(=O)=O)[C@@H](Cc1ccccc1)C(=O)NCC(C)C. The van der Waals surface area contributed by atoms with E-state index < -0.39 is 28.5 Å². The van der Waals surface area contributed by atoms with E-state index in [4.69, 9.17) is 0 Å². The standard InChI is InChI=1S/C33H43N3O4S/c1-24(2)21-34-33(38)31(20-27-13-8-7-9-14-27)35(22-29-15-11-10-12-26(29)5)32(37)23-36(41(6,39)40)30-18-16-28(17-19-30)25(3)4/h7-19,24-25,31H,20-23H2,1-6H3,(H,34,38)/t31-/m0/s1. The molecule has 0 saturated heterocycles. The molecule has 220 valence electrons. The van der Waals surface area contributed by atoms with Crippen LogP contribution in [0.4, 0.5) is 5.69 Å². The van der Waals surface area contributed by atoms with Gasteiger partial charge in [-0.3, -0.25) is 13.9 Å². The third-order valence-corrected chi connectivity index (χ3v) is 8.23. The van der Waals surface area contributed by atoms with Gasteiger partial charge in [0.1, 0.15) is 12.6 Å². The van der Waals surface area contributed by atoms with Crippen LogP contribution in [-0.4, -0.2) is 50.5 Å². The molecule has 1 atom stereocenters. The zero-order chi connectivity index (χ0) is 30.2. The first kappa shape index (κ1) is 31.9. The van der Waals surface area contributed by atoms with Gasteiger partial charge in [-0.1, -0.05) is 94.4 Å². The molecule has 0 bridgehead atoms. The van der Waals surface area contributed by atoms with Gasteiger partial charge in [-0.15, -0.1) is 0 Å². The van der Waals surface area contributed by atoms with Gasteiger partial charge in [-0.05, 0) is 53.1 Å². The van der Waals surface area contributed by atoms with Crippen LogP contribution in [0.2, 0.25) is 0 Å². The number of benzene rings is 3. The summed E-state index contributed by atoms with van der Waals surface area (Å²) in [5, 5.41) is 3.01. The topological polar surface area (TPSA) is 86.8 Å². The average molecular weight is 578 g/mol. The predicted octanol–water partition coefficient (Wildman–Crippen LogP) is 5.30. The Morgan fingerprint density at radius 3 is 2.02 bits per heavy atom. The van der Waals surface area contributed by atoms with E-state index in [0.29, 0.717) is 18.7 Å². The highest BCUT2D eigenvalue weighted by molar-refractivity contribution is 7.92. The minimum absolute atomic E-state index is 0.169. The van der Waals surface area contributed by atoms with Crippen molar-refractivity contribution >= 4 is 27.5 Å². The van der Waals surface area contributed by atoms with E-state index in [0.717, 1.165) is 32.8 Å². The minimum Gasteiger partial charge on any atom is -0.354 e. The summed E-state index contributed by atoms with van der Waals surface area (Å²) in [5.41, 5.74) is 4.26. The molecule has 0 saturated carbocycles. The predicted molar refractivity (Wildman–Crippen MR) is 166 cm³/mol. The maximum atomic E-state index is 14.2. The number of anilines is 1. The van der Waals surface area contributed by atoms with Gasteiger partial charge in [0.2, 0.25) is 21.8 Å². The first-order valence-corrected chi connectivity index (χ1v) is 15.9. The van der Waals surface area contributed by atoms with Crippen LogP contribution in [0.3, 0.4) is 0 Å². The Hall–Kier alpha value is -3.65. The summed E-state index contributed by atoms with van der Waals surface area (Å²) in [6, 6.07) is 23.7. The highest BCUT2D eigenvalue weighted by atomic mass is 32.2. The van der Waals surface area contributed by atoms with Crippen molar-refractivity contribution < 1.29 is 18.0 Å². The second-order valence-corrected chi connectivity index (χ2v) is 13.2. The van der Waals surface area contributed by atoms with Crippen LogP contribution in [0, 0.1) is 12.8 Å². The van der Waals surface area contributed by atoms with E-state index in [1.54, 1.807) is 12.1 Å². The van der Waals surface area contributed by atoms with Crippen LogP contribution in [0.15, 0.2) is 78.9 Å². The summed E-state index contributed by atoms with van der Waals surface area (Å²) in [7, 11) is -3.80. The lowest BCUT2D eigenvalue weighted by Gasteiger charge is -2.34. The molecular weight excluding hydrogens is 534 g/mol. The summed E-state index contributed by atoms with van der Waals surface area (Å²) >= 11 is 0. The van der Waals surface area contributed by atoms with Gasteiger partial charge in [-0.25, -0.2) is 8.42 Å². The first-order valence-electron chi connectivity index (χ1n) is 14.1. The molecule has 0 spiro atoms. The van der Waals surface area contributed by atoms with Crippen molar-refractivity contribution in [1.82, 2.24) is 10.2 Å². The number of sulfonamides is 1. The Balaban J connectivity index is 2.05. The first-order chi connectivity index (χ1) is 19.4. The molecule has 0 radical (unpaired) electrons. The van der Waals surface area contributed by atoms with Gasteiger partial charge in [0, 0.05) is 19.5 Å². The largest absolute Gasteiger partial charge is 0.354 e. The van der Waals surface area contributed by atoms with Crippen molar-refractivity contribution in [2.75, 3.05) is 23.7 Å². The van der Waals surface area contributed by atoms with Gasteiger partial charge in [0.15, 0.2) is 0 Å². The van der Waals surface area contributed by atoms with E-state index in [1.165, 1.54) is 4.90 Å². The maximum Gasteiger partial charge on any atom is 0.244 e. The zero-order valence-electron chi connectivity index (χ0n) is 25.0. The van der Waals surface area contributed by atoms with E-state index in [9.17, 15) is 18.0 Å². The van der Waals surface area contributed by atoms with Crippen LogP contribution in [0.25, 0.3) is 0 Å². The number of hydrogen-bond acceptors (Lipinski definition) is 4. The number of carbonyl (C=O) groups excluding carboxylic acids is 2. The monoisotopic (exact) mass is 577 g/mol. The van der Waals surface area contributed by atoms with Gasteiger partial charge >= 0.3 is 0 Å². The van der Waals surface area contributed by atoms with Gasteiger partial charge in [0.05, 0.1) is 11.9 Å². The molecule has 0 aromatic heterocycles. The van der Waals surface area contributed by atoms with Crippen molar-refractivity contribution in [2.45, 2.75) is 59.5 Å². The zero-order valence-corrected chi connectivity index (χ0v) is 25.8. The number of amides is 2. The molecule has 8 heteroatoms. The fraction of sp³-hybridized carbons (Fsp3) is 0.394. The van der Waals surface area contributed by atoms with Crippen molar-refractivity contribution in [3.05, 3.63) is 101 Å². The molecule has 0 unspecified atom stereocenters. The molecule has 41 heavy (non-hydrogen) atoms. The molecule has 7 nitrogen and oxygen atoms in total. The Labute approximate surface area is 245 Å². The highest BCUT2D eigenvalue weighted by Gasteiger charge is 2.33. The van der Waals surface area contributed by atoms with Crippen molar-refractivity contribution in [2.24, 2.45) is 5.92 Å². The molecule has 0 fully saturated rings. The lowest BCUT2D eigenvalue weighted by molar-refractivity contribution is -0.140. The van der Waals surface area contributed by atoms with E-state index in [-0.39, 0.29) is 24.3 Å². The quantitative estimate of drug-likeness (QED) is 0.299. The van der Waals surface area contributed by atoms with Crippen molar-refractivity contribution in [1.29, 1.82) is 0 Å².